The fourth-order valence-corrected chi connectivity index (χ4v) is 2.92. The van der Waals surface area contributed by atoms with Gasteiger partial charge in [0.15, 0.2) is 5.58 Å². The Morgan fingerprint density at radius 2 is 2.28 bits per heavy atom. The first kappa shape index (κ1) is 12.1. The highest BCUT2D eigenvalue weighted by atomic mass is 35.5. The molecule has 0 spiro atoms. The van der Waals surface area contributed by atoms with E-state index in [1.807, 2.05) is 18.2 Å². The van der Waals surface area contributed by atoms with E-state index >= 15 is 0 Å². The van der Waals surface area contributed by atoms with Crippen LogP contribution in [0.4, 0.5) is 0 Å². The van der Waals surface area contributed by atoms with Crippen LogP contribution in [0, 0.1) is 11.8 Å². The maximum absolute atomic E-state index is 6.16. The molecule has 0 saturated heterocycles. The quantitative estimate of drug-likeness (QED) is 0.885. The van der Waals surface area contributed by atoms with Crippen LogP contribution in [0.15, 0.2) is 28.7 Å². The van der Waals surface area contributed by atoms with Crippen molar-refractivity contribution >= 4 is 22.6 Å². The molecule has 1 N–H and O–H groups in total. The minimum atomic E-state index is 0.327. The summed E-state index contributed by atoms with van der Waals surface area (Å²) in [4.78, 5) is 0. The van der Waals surface area contributed by atoms with E-state index in [1.54, 1.807) is 0 Å². The number of halogens is 1. The average Bonchev–Trinajstić information content (AvgIpc) is 2.91. The van der Waals surface area contributed by atoms with Gasteiger partial charge >= 0.3 is 0 Å². The van der Waals surface area contributed by atoms with E-state index in [-0.39, 0.29) is 0 Å². The molecular formula is C15H18ClNO. The van der Waals surface area contributed by atoms with Gasteiger partial charge in [-0.25, -0.2) is 0 Å². The zero-order valence-corrected chi connectivity index (χ0v) is 11.5. The molecule has 3 heteroatoms. The molecule has 1 heterocycles. The Bertz CT molecular complexity index is 563. The average molecular weight is 264 g/mol. The maximum Gasteiger partial charge on any atom is 0.152 e. The summed E-state index contributed by atoms with van der Waals surface area (Å²) in [7, 11) is 0. The van der Waals surface area contributed by atoms with Gasteiger partial charge in [-0.3, -0.25) is 0 Å². The molecule has 0 radical (unpaired) electrons. The van der Waals surface area contributed by atoms with Crippen molar-refractivity contribution in [2.24, 2.45) is 11.8 Å². The van der Waals surface area contributed by atoms with E-state index in [4.69, 9.17) is 16.0 Å². The molecule has 18 heavy (non-hydrogen) atoms. The summed E-state index contributed by atoms with van der Waals surface area (Å²) < 4.78 is 5.97. The van der Waals surface area contributed by atoms with Crippen molar-refractivity contribution in [1.82, 2.24) is 5.32 Å². The van der Waals surface area contributed by atoms with E-state index < -0.39 is 0 Å². The molecule has 1 aromatic carbocycles. The molecule has 3 atom stereocenters. The second-order valence-corrected chi connectivity index (χ2v) is 5.63. The van der Waals surface area contributed by atoms with Gasteiger partial charge in [-0.1, -0.05) is 37.6 Å². The summed E-state index contributed by atoms with van der Waals surface area (Å²) in [6, 6.07) is 8.34. The van der Waals surface area contributed by atoms with Crippen molar-refractivity contribution in [3.63, 3.8) is 0 Å². The van der Waals surface area contributed by atoms with Gasteiger partial charge in [0.05, 0.1) is 11.1 Å². The third kappa shape index (κ3) is 2.04. The minimum Gasteiger partial charge on any atom is -0.458 e. The summed E-state index contributed by atoms with van der Waals surface area (Å²) in [5, 5.41) is 5.32. The molecule has 0 bridgehead atoms. The number of fused-ring (bicyclic) bond motifs is 1. The molecule has 2 nitrogen and oxygen atoms in total. The first-order chi connectivity index (χ1) is 8.70. The second-order valence-electron chi connectivity index (χ2n) is 5.22. The van der Waals surface area contributed by atoms with Crippen LogP contribution >= 0.6 is 11.6 Å². The van der Waals surface area contributed by atoms with E-state index in [0.717, 1.165) is 29.2 Å². The first-order valence-electron chi connectivity index (χ1n) is 6.62. The van der Waals surface area contributed by atoms with Gasteiger partial charge in [0, 0.05) is 5.39 Å². The lowest BCUT2D eigenvalue weighted by Gasteiger charge is -2.14. The molecule has 2 aromatic rings. The number of para-hydroxylation sites is 1. The summed E-state index contributed by atoms with van der Waals surface area (Å²) in [6.45, 7) is 5.39. The highest BCUT2D eigenvalue weighted by Crippen LogP contribution is 2.47. The predicted molar refractivity (Wildman–Crippen MR) is 74.9 cm³/mol. The zero-order valence-electron chi connectivity index (χ0n) is 10.7. The molecular weight excluding hydrogens is 246 g/mol. The third-order valence-corrected chi connectivity index (χ3v) is 4.14. The highest BCUT2D eigenvalue weighted by molar-refractivity contribution is 6.34. The Kier molecular flexibility index (Phi) is 3.08. The van der Waals surface area contributed by atoms with Gasteiger partial charge in [-0.2, -0.15) is 0 Å². The Hall–Kier alpha value is -0.990. The van der Waals surface area contributed by atoms with E-state index in [1.165, 1.54) is 6.42 Å². The molecule has 1 saturated carbocycles. The summed E-state index contributed by atoms with van der Waals surface area (Å²) in [5.41, 5.74) is 0.811. The van der Waals surface area contributed by atoms with Crippen LogP contribution in [0.25, 0.3) is 11.0 Å². The smallest absolute Gasteiger partial charge is 0.152 e. The Morgan fingerprint density at radius 3 is 2.89 bits per heavy atom. The Labute approximate surface area is 112 Å². The standard InChI is InChI=1S/C15H18ClNO/c1-3-17-14(11-7-9(11)2)13-8-10-5-4-6-12(16)15(10)18-13/h4-6,8-9,11,14,17H,3,7H2,1-2H3. The molecule has 3 unspecified atom stereocenters. The van der Waals surface area contributed by atoms with E-state index in [0.29, 0.717) is 17.0 Å². The molecule has 0 amide bonds. The van der Waals surface area contributed by atoms with Crippen LogP contribution in [-0.4, -0.2) is 6.54 Å². The predicted octanol–water partition coefficient (Wildman–Crippen LogP) is 4.39. The molecule has 3 rings (SSSR count). The van der Waals surface area contributed by atoms with Crippen molar-refractivity contribution in [3.05, 3.63) is 35.0 Å². The van der Waals surface area contributed by atoms with Crippen LogP contribution in [0.2, 0.25) is 5.02 Å². The van der Waals surface area contributed by atoms with Crippen LogP contribution in [0.3, 0.4) is 0 Å². The van der Waals surface area contributed by atoms with Crippen molar-refractivity contribution in [1.29, 1.82) is 0 Å². The number of benzene rings is 1. The highest BCUT2D eigenvalue weighted by Gasteiger charge is 2.41. The summed E-state index contributed by atoms with van der Waals surface area (Å²) in [6.07, 6.45) is 1.28. The lowest BCUT2D eigenvalue weighted by atomic mass is 10.1. The van der Waals surface area contributed by atoms with Crippen LogP contribution in [-0.2, 0) is 0 Å². The van der Waals surface area contributed by atoms with E-state index in [2.05, 4.69) is 25.2 Å². The molecule has 1 aromatic heterocycles. The van der Waals surface area contributed by atoms with E-state index in [9.17, 15) is 0 Å². The summed E-state index contributed by atoms with van der Waals surface area (Å²) in [5.74, 6) is 2.51. The normalized spacial score (nSPS) is 24.4. The van der Waals surface area contributed by atoms with Crippen molar-refractivity contribution < 1.29 is 4.42 Å². The van der Waals surface area contributed by atoms with Crippen LogP contribution < -0.4 is 5.32 Å². The number of furan rings is 1. The van der Waals surface area contributed by atoms with Gasteiger partial charge in [-0.05, 0) is 36.9 Å². The van der Waals surface area contributed by atoms with Gasteiger partial charge in [-0.15, -0.1) is 0 Å². The SMILES string of the molecule is CCNC(c1cc2cccc(Cl)c2o1)C1CC1C. The van der Waals surface area contributed by atoms with Gasteiger partial charge in [0.25, 0.3) is 0 Å². The first-order valence-corrected chi connectivity index (χ1v) is 7.00. The Morgan fingerprint density at radius 1 is 1.50 bits per heavy atom. The van der Waals surface area contributed by atoms with Crippen molar-refractivity contribution in [2.75, 3.05) is 6.54 Å². The minimum absolute atomic E-state index is 0.327. The van der Waals surface area contributed by atoms with Gasteiger partial charge in [0.2, 0.25) is 0 Å². The monoisotopic (exact) mass is 263 g/mol. The largest absolute Gasteiger partial charge is 0.458 e. The number of rotatable bonds is 4. The van der Waals surface area contributed by atoms with Crippen LogP contribution in [0.1, 0.15) is 32.1 Å². The number of hydrogen-bond acceptors (Lipinski definition) is 2. The van der Waals surface area contributed by atoms with Gasteiger partial charge in [0.1, 0.15) is 5.76 Å². The lowest BCUT2D eigenvalue weighted by molar-refractivity contribution is 0.392. The maximum atomic E-state index is 6.16. The summed E-state index contributed by atoms with van der Waals surface area (Å²) >= 11 is 6.16. The Balaban J connectivity index is 1.98. The molecule has 1 aliphatic rings. The molecule has 1 fully saturated rings. The number of hydrogen-bond donors (Lipinski definition) is 1. The number of nitrogens with one attached hydrogen (secondary N) is 1. The van der Waals surface area contributed by atoms with Crippen molar-refractivity contribution in [2.45, 2.75) is 26.3 Å². The van der Waals surface area contributed by atoms with Gasteiger partial charge < -0.3 is 9.73 Å². The van der Waals surface area contributed by atoms with Crippen molar-refractivity contribution in [3.8, 4) is 0 Å². The zero-order chi connectivity index (χ0) is 12.7. The fraction of sp³-hybridized carbons (Fsp3) is 0.467. The molecule has 1 aliphatic carbocycles. The second kappa shape index (κ2) is 4.60. The molecule has 96 valence electrons. The topological polar surface area (TPSA) is 25.2 Å². The fourth-order valence-electron chi connectivity index (χ4n) is 2.70. The molecule has 0 aliphatic heterocycles. The third-order valence-electron chi connectivity index (χ3n) is 3.85. The van der Waals surface area contributed by atoms with Crippen LogP contribution in [0.5, 0.6) is 0 Å². The lowest BCUT2D eigenvalue weighted by Crippen LogP contribution is -2.22.